The summed E-state index contributed by atoms with van der Waals surface area (Å²) in [6.07, 6.45) is 0. The van der Waals surface area contributed by atoms with Gasteiger partial charge in [-0.05, 0) is 30.7 Å². The molecule has 10 nitrogen and oxygen atoms in total. The van der Waals surface area contributed by atoms with E-state index < -0.39 is 32.5 Å². The smallest absolute Gasteiger partial charge is 0.338 e. The number of methoxy groups -OCH3 is 1. The topological polar surface area (TPSA) is 159 Å². The van der Waals surface area contributed by atoms with E-state index >= 15 is 0 Å². The summed E-state index contributed by atoms with van der Waals surface area (Å²) in [5, 5.41) is 18.6. The van der Waals surface area contributed by atoms with Gasteiger partial charge in [0.05, 0.1) is 22.5 Å². The lowest BCUT2D eigenvalue weighted by Gasteiger charge is -2.10. The van der Waals surface area contributed by atoms with Crippen molar-refractivity contribution in [2.45, 2.75) is 11.8 Å². The number of carbonyl (C=O) groups is 2. The minimum absolute atomic E-state index is 0.112. The van der Waals surface area contributed by atoms with Crippen molar-refractivity contribution in [2.75, 3.05) is 12.4 Å². The number of ether oxygens (including phenoxy) is 1. The third-order valence-corrected chi connectivity index (χ3v) is 4.62. The van der Waals surface area contributed by atoms with E-state index in [2.05, 4.69) is 10.1 Å². The molecule has 0 saturated heterocycles. The molecular weight excluding hydrogens is 378 g/mol. The number of aryl methyl sites for hydroxylation is 1. The minimum Gasteiger partial charge on any atom is -0.465 e. The third-order valence-electron chi connectivity index (χ3n) is 3.56. The molecule has 1 amide bonds. The van der Waals surface area contributed by atoms with E-state index in [4.69, 9.17) is 5.14 Å². The Labute approximate surface area is 154 Å². The number of primary sulfonamides is 1. The van der Waals surface area contributed by atoms with Gasteiger partial charge in [-0.1, -0.05) is 6.07 Å². The van der Waals surface area contributed by atoms with Crippen molar-refractivity contribution in [3.8, 4) is 0 Å². The largest absolute Gasteiger partial charge is 0.465 e. The molecule has 142 valence electrons. The highest BCUT2D eigenvalue weighted by molar-refractivity contribution is 7.89. The van der Waals surface area contributed by atoms with Crippen molar-refractivity contribution in [3.05, 3.63) is 63.2 Å². The maximum Gasteiger partial charge on any atom is 0.338 e. The van der Waals surface area contributed by atoms with Gasteiger partial charge in [0.25, 0.3) is 11.6 Å². The van der Waals surface area contributed by atoms with E-state index in [0.717, 1.165) is 25.3 Å². The first-order valence-electron chi connectivity index (χ1n) is 7.35. The Bertz CT molecular complexity index is 1050. The van der Waals surface area contributed by atoms with Crippen LogP contribution in [-0.2, 0) is 14.8 Å². The number of hydrogen-bond donors (Lipinski definition) is 2. The highest BCUT2D eigenvalue weighted by atomic mass is 32.2. The molecule has 0 aliphatic carbocycles. The number of nitro groups is 1. The first-order chi connectivity index (χ1) is 12.5. The second-order valence-corrected chi connectivity index (χ2v) is 7.03. The van der Waals surface area contributed by atoms with E-state index in [1.165, 1.54) is 25.1 Å². The number of sulfonamides is 1. The summed E-state index contributed by atoms with van der Waals surface area (Å²) in [6, 6.07) is 7.15. The summed E-state index contributed by atoms with van der Waals surface area (Å²) in [5.41, 5.74) is -0.329. The fraction of sp³-hybridized carbons (Fsp3) is 0.125. The third kappa shape index (κ3) is 4.65. The van der Waals surface area contributed by atoms with Crippen LogP contribution in [0.15, 0.2) is 41.3 Å². The molecule has 0 saturated carbocycles. The molecule has 0 heterocycles. The maximum absolute atomic E-state index is 12.4. The number of nitrogens with zero attached hydrogens (tertiary/aromatic N) is 1. The molecule has 0 unspecified atom stereocenters. The lowest BCUT2D eigenvalue weighted by Crippen LogP contribution is -2.16. The lowest BCUT2D eigenvalue weighted by molar-refractivity contribution is -0.384. The fourth-order valence-corrected chi connectivity index (χ4v) is 3.08. The number of hydrogen-bond acceptors (Lipinski definition) is 7. The molecule has 0 aliphatic heterocycles. The highest BCUT2D eigenvalue weighted by Crippen LogP contribution is 2.22. The van der Waals surface area contributed by atoms with Crippen LogP contribution in [0.4, 0.5) is 11.4 Å². The van der Waals surface area contributed by atoms with Crippen molar-refractivity contribution in [2.24, 2.45) is 5.14 Å². The number of anilines is 1. The lowest BCUT2D eigenvalue weighted by atomic mass is 10.1. The van der Waals surface area contributed by atoms with Gasteiger partial charge in [-0.3, -0.25) is 14.9 Å². The summed E-state index contributed by atoms with van der Waals surface area (Å²) in [5.74, 6) is -1.63. The molecule has 2 aromatic carbocycles. The summed E-state index contributed by atoms with van der Waals surface area (Å²) < 4.78 is 27.7. The zero-order valence-electron chi connectivity index (χ0n) is 14.3. The van der Waals surface area contributed by atoms with Gasteiger partial charge in [0.15, 0.2) is 0 Å². The van der Waals surface area contributed by atoms with Crippen LogP contribution in [0, 0.1) is 17.0 Å². The molecule has 0 bridgehead atoms. The van der Waals surface area contributed by atoms with E-state index in [1.54, 1.807) is 0 Å². The Balaban J connectivity index is 2.43. The number of carbonyl (C=O) groups excluding carboxylic acids is 2. The average molecular weight is 393 g/mol. The molecule has 0 atom stereocenters. The minimum atomic E-state index is -4.00. The Morgan fingerprint density at radius 3 is 2.33 bits per heavy atom. The monoisotopic (exact) mass is 393 g/mol. The molecule has 3 N–H and O–H groups in total. The van der Waals surface area contributed by atoms with Crippen LogP contribution in [0.1, 0.15) is 26.3 Å². The molecular formula is C16H15N3O7S. The zero-order valence-corrected chi connectivity index (χ0v) is 15.1. The fourth-order valence-electron chi connectivity index (χ4n) is 2.27. The van der Waals surface area contributed by atoms with Crippen LogP contribution in [0.3, 0.4) is 0 Å². The van der Waals surface area contributed by atoms with Gasteiger partial charge in [0.2, 0.25) is 10.0 Å². The van der Waals surface area contributed by atoms with Gasteiger partial charge in [-0.15, -0.1) is 0 Å². The van der Waals surface area contributed by atoms with Gasteiger partial charge in [-0.25, -0.2) is 18.4 Å². The number of non-ortho nitro benzene ring substituents is 1. The number of nitro benzene ring substituents is 1. The highest BCUT2D eigenvalue weighted by Gasteiger charge is 2.19. The number of rotatable bonds is 5. The molecule has 2 aromatic rings. The van der Waals surface area contributed by atoms with Gasteiger partial charge in [0.1, 0.15) is 0 Å². The molecule has 0 aliphatic rings. The number of esters is 1. The predicted octanol–water partition coefficient (Wildman–Crippen LogP) is 1.59. The Morgan fingerprint density at radius 2 is 1.78 bits per heavy atom. The van der Waals surface area contributed by atoms with E-state index in [9.17, 15) is 28.1 Å². The second kappa shape index (κ2) is 7.51. The standard InChI is InChI=1S/C16H15N3O7S/c1-9-3-4-12(8-14(9)27(17,24)25)18-15(20)10-5-11(16(21)26-2)7-13(6-10)19(22)23/h3-8H,1-2H3,(H,18,20)(H2,17,24,25). The normalized spacial score (nSPS) is 10.9. The van der Waals surface area contributed by atoms with Crippen LogP contribution in [0.5, 0.6) is 0 Å². The van der Waals surface area contributed by atoms with E-state index in [0.29, 0.717) is 5.56 Å². The Hall–Kier alpha value is -3.31. The quantitative estimate of drug-likeness (QED) is 0.443. The van der Waals surface area contributed by atoms with Gasteiger partial charge in [0, 0.05) is 23.4 Å². The number of nitrogens with one attached hydrogen (secondary N) is 1. The summed E-state index contributed by atoms with van der Waals surface area (Å²) in [4.78, 5) is 34.2. The second-order valence-electron chi connectivity index (χ2n) is 5.50. The summed E-state index contributed by atoms with van der Waals surface area (Å²) >= 11 is 0. The molecule has 0 fully saturated rings. The van der Waals surface area contributed by atoms with Crippen LogP contribution in [-0.4, -0.2) is 32.3 Å². The molecule has 27 heavy (non-hydrogen) atoms. The molecule has 0 radical (unpaired) electrons. The molecule has 0 aromatic heterocycles. The van der Waals surface area contributed by atoms with Crippen molar-refractivity contribution in [3.63, 3.8) is 0 Å². The van der Waals surface area contributed by atoms with Crippen molar-refractivity contribution >= 4 is 33.3 Å². The first-order valence-corrected chi connectivity index (χ1v) is 8.90. The van der Waals surface area contributed by atoms with Gasteiger partial charge in [-0.2, -0.15) is 0 Å². The van der Waals surface area contributed by atoms with E-state index in [-0.39, 0.29) is 21.7 Å². The first kappa shape index (κ1) is 20.0. The van der Waals surface area contributed by atoms with Crippen molar-refractivity contribution in [1.29, 1.82) is 0 Å². The van der Waals surface area contributed by atoms with Crippen molar-refractivity contribution < 1.29 is 27.7 Å². The number of nitrogens with two attached hydrogens (primary N) is 1. The van der Waals surface area contributed by atoms with Crippen LogP contribution in [0.2, 0.25) is 0 Å². The Morgan fingerprint density at radius 1 is 1.15 bits per heavy atom. The van der Waals surface area contributed by atoms with Crippen LogP contribution in [0.25, 0.3) is 0 Å². The van der Waals surface area contributed by atoms with Gasteiger partial charge >= 0.3 is 5.97 Å². The van der Waals surface area contributed by atoms with Crippen LogP contribution >= 0.6 is 0 Å². The summed E-state index contributed by atoms with van der Waals surface area (Å²) in [7, 11) is -2.90. The molecule has 11 heteroatoms. The summed E-state index contributed by atoms with van der Waals surface area (Å²) in [6.45, 7) is 1.54. The predicted molar refractivity (Wildman–Crippen MR) is 94.9 cm³/mol. The zero-order chi connectivity index (χ0) is 20.4. The number of benzene rings is 2. The van der Waals surface area contributed by atoms with Gasteiger partial charge < -0.3 is 10.1 Å². The molecule has 2 rings (SSSR count). The van der Waals surface area contributed by atoms with Crippen LogP contribution < -0.4 is 10.5 Å². The average Bonchev–Trinajstić information content (AvgIpc) is 2.61. The van der Waals surface area contributed by atoms with E-state index in [1.807, 2.05) is 0 Å². The van der Waals surface area contributed by atoms with Crippen molar-refractivity contribution in [1.82, 2.24) is 0 Å². The maximum atomic E-state index is 12.4. The SMILES string of the molecule is COC(=O)c1cc(C(=O)Nc2ccc(C)c(S(N)(=O)=O)c2)cc([N+](=O)[O-])c1. The molecule has 0 spiro atoms. The Kier molecular flexibility index (Phi) is 5.57. The number of amides is 1.